The Balaban J connectivity index is 1.83. The molecule has 0 aliphatic heterocycles. The largest absolute Gasteiger partial charge is 0.354 e. The van der Waals surface area contributed by atoms with E-state index in [4.69, 9.17) is 11.6 Å². The zero-order valence-electron chi connectivity index (χ0n) is 20.5. The van der Waals surface area contributed by atoms with Crippen molar-refractivity contribution in [3.05, 3.63) is 105 Å². The Hall–Kier alpha value is -2.28. The van der Waals surface area contributed by atoms with Gasteiger partial charge in [0.2, 0.25) is 11.8 Å². The third-order valence-electron chi connectivity index (χ3n) is 5.81. The zero-order valence-corrected chi connectivity index (χ0v) is 23.6. The molecule has 190 valence electrons. The average molecular weight is 588 g/mol. The van der Waals surface area contributed by atoms with Gasteiger partial charge in [0.15, 0.2) is 0 Å². The Labute approximate surface area is 231 Å². The lowest BCUT2D eigenvalue weighted by Crippen LogP contribution is -2.51. The Morgan fingerprint density at radius 3 is 2.36 bits per heavy atom. The number of rotatable bonds is 13. The number of thioether (sulfide) groups is 1. The highest BCUT2D eigenvalue weighted by molar-refractivity contribution is 9.10. The number of hydrogen-bond donors (Lipinski definition) is 1. The lowest BCUT2D eigenvalue weighted by atomic mass is 10.0. The summed E-state index contributed by atoms with van der Waals surface area (Å²) in [5.41, 5.74) is 2.98. The van der Waals surface area contributed by atoms with Gasteiger partial charge in [0.25, 0.3) is 0 Å². The second-order valence-electron chi connectivity index (χ2n) is 8.58. The molecule has 1 atom stereocenters. The van der Waals surface area contributed by atoms with E-state index in [0.29, 0.717) is 23.7 Å². The predicted octanol–water partition coefficient (Wildman–Crippen LogP) is 6.89. The number of hydrogen-bond acceptors (Lipinski definition) is 3. The quantitative estimate of drug-likeness (QED) is 0.222. The topological polar surface area (TPSA) is 49.4 Å². The number of amides is 2. The maximum absolute atomic E-state index is 13.6. The SMILES string of the molecule is CCCCNC(=O)C(Cc1ccccc1)N(Cc1ccccc1Cl)C(=O)CSCc1ccc(Br)cc1. The van der Waals surface area contributed by atoms with Crippen LogP contribution in [0.4, 0.5) is 0 Å². The van der Waals surface area contributed by atoms with Gasteiger partial charge >= 0.3 is 0 Å². The molecule has 0 aromatic heterocycles. The van der Waals surface area contributed by atoms with Crippen LogP contribution < -0.4 is 5.32 Å². The molecule has 7 heteroatoms. The summed E-state index contributed by atoms with van der Waals surface area (Å²) in [5.74, 6) is 0.771. The van der Waals surface area contributed by atoms with Crippen LogP contribution in [0.1, 0.15) is 36.5 Å². The van der Waals surface area contributed by atoms with E-state index in [1.807, 2.05) is 78.9 Å². The maximum atomic E-state index is 13.6. The third-order valence-corrected chi connectivity index (χ3v) is 7.69. The molecule has 0 aliphatic rings. The third kappa shape index (κ3) is 8.99. The summed E-state index contributed by atoms with van der Waals surface area (Å²) in [6.07, 6.45) is 2.32. The van der Waals surface area contributed by atoms with E-state index in [1.165, 1.54) is 0 Å². The van der Waals surface area contributed by atoms with Crippen LogP contribution in [-0.2, 0) is 28.3 Å². The number of carbonyl (C=O) groups is 2. The summed E-state index contributed by atoms with van der Waals surface area (Å²) in [7, 11) is 0. The summed E-state index contributed by atoms with van der Waals surface area (Å²) in [5, 5.41) is 3.64. The molecule has 0 bridgehead atoms. The molecule has 36 heavy (non-hydrogen) atoms. The van der Waals surface area contributed by atoms with Gasteiger partial charge in [-0.2, -0.15) is 0 Å². The Bertz CT molecular complexity index is 1110. The first-order valence-corrected chi connectivity index (χ1v) is 14.5. The number of halogens is 2. The minimum absolute atomic E-state index is 0.0800. The average Bonchev–Trinajstić information content (AvgIpc) is 2.89. The molecule has 1 N–H and O–H groups in total. The van der Waals surface area contributed by atoms with Crippen LogP contribution in [-0.4, -0.2) is 35.1 Å². The van der Waals surface area contributed by atoms with Gasteiger partial charge in [0.1, 0.15) is 6.04 Å². The lowest BCUT2D eigenvalue weighted by Gasteiger charge is -2.32. The van der Waals surface area contributed by atoms with E-state index < -0.39 is 6.04 Å². The van der Waals surface area contributed by atoms with Gasteiger partial charge in [-0.25, -0.2) is 0 Å². The summed E-state index contributed by atoms with van der Waals surface area (Å²) >= 11 is 11.5. The second kappa shape index (κ2) is 15.1. The van der Waals surface area contributed by atoms with E-state index in [-0.39, 0.29) is 24.1 Å². The molecule has 0 saturated carbocycles. The molecule has 0 saturated heterocycles. The van der Waals surface area contributed by atoms with Gasteiger partial charge < -0.3 is 10.2 Å². The molecule has 3 aromatic carbocycles. The monoisotopic (exact) mass is 586 g/mol. The Morgan fingerprint density at radius 1 is 0.972 bits per heavy atom. The molecular weight excluding hydrogens is 556 g/mol. The Kier molecular flexibility index (Phi) is 11.9. The fraction of sp³-hybridized carbons (Fsp3) is 0.310. The van der Waals surface area contributed by atoms with Crippen molar-refractivity contribution < 1.29 is 9.59 Å². The van der Waals surface area contributed by atoms with Crippen molar-refractivity contribution in [2.24, 2.45) is 0 Å². The first-order valence-electron chi connectivity index (χ1n) is 12.1. The van der Waals surface area contributed by atoms with Crippen LogP contribution in [0, 0.1) is 0 Å². The lowest BCUT2D eigenvalue weighted by molar-refractivity contribution is -0.139. The molecule has 3 aromatic rings. The van der Waals surface area contributed by atoms with E-state index >= 15 is 0 Å². The van der Waals surface area contributed by atoms with Gasteiger partial charge in [-0.05, 0) is 41.3 Å². The maximum Gasteiger partial charge on any atom is 0.243 e. The second-order valence-corrected chi connectivity index (χ2v) is 10.9. The van der Waals surface area contributed by atoms with Crippen LogP contribution in [0.25, 0.3) is 0 Å². The van der Waals surface area contributed by atoms with Crippen molar-refractivity contribution in [1.82, 2.24) is 10.2 Å². The highest BCUT2D eigenvalue weighted by Gasteiger charge is 2.30. The molecule has 0 spiro atoms. The molecule has 1 unspecified atom stereocenters. The number of nitrogens with zero attached hydrogens (tertiary/aromatic N) is 1. The summed E-state index contributed by atoms with van der Waals surface area (Å²) < 4.78 is 1.02. The number of nitrogens with one attached hydrogen (secondary N) is 1. The number of carbonyl (C=O) groups excluding carboxylic acids is 2. The molecular formula is C29H32BrClN2O2S. The van der Waals surface area contributed by atoms with Crippen molar-refractivity contribution in [3.8, 4) is 0 Å². The standard InChI is InChI=1S/C29H32BrClN2O2S/c1-2-3-17-32-29(35)27(18-22-9-5-4-6-10-22)33(19-24-11-7-8-12-26(24)31)28(34)21-36-20-23-13-15-25(30)16-14-23/h4-16,27H,2-3,17-21H2,1H3,(H,32,35). The minimum Gasteiger partial charge on any atom is -0.354 e. The van der Waals surface area contributed by atoms with Gasteiger partial charge in [-0.3, -0.25) is 9.59 Å². The van der Waals surface area contributed by atoms with Crippen molar-refractivity contribution in [1.29, 1.82) is 0 Å². The van der Waals surface area contributed by atoms with E-state index in [0.717, 1.165) is 34.0 Å². The zero-order chi connectivity index (χ0) is 25.8. The van der Waals surface area contributed by atoms with Crippen LogP contribution in [0.5, 0.6) is 0 Å². The Morgan fingerprint density at radius 2 is 1.67 bits per heavy atom. The van der Waals surface area contributed by atoms with Gasteiger partial charge in [-0.1, -0.05) is 102 Å². The molecule has 3 rings (SSSR count). The van der Waals surface area contributed by atoms with Crippen molar-refractivity contribution in [2.75, 3.05) is 12.3 Å². The predicted molar refractivity (Wildman–Crippen MR) is 154 cm³/mol. The van der Waals surface area contributed by atoms with E-state index in [9.17, 15) is 9.59 Å². The molecule has 2 amide bonds. The van der Waals surface area contributed by atoms with Crippen LogP contribution in [0.3, 0.4) is 0 Å². The van der Waals surface area contributed by atoms with Gasteiger partial charge in [0.05, 0.1) is 5.75 Å². The summed E-state index contributed by atoms with van der Waals surface area (Å²) in [6.45, 7) is 2.95. The van der Waals surface area contributed by atoms with Crippen LogP contribution in [0.15, 0.2) is 83.3 Å². The van der Waals surface area contributed by atoms with Crippen molar-refractivity contribution >= 4 is 51.1 Å². The fourth-order valence-electron chi connectivity index (χ4n) is 3.79. The normalized spacial score (nSPS) is 11.6. The summed E-state index contributed by atoms with van der Waals surface area (Å²) in [4.78, 5) is 28.8. The smallest absolute Gasteiger partial charge is 0.243 e. The molecule has 4 nitrogen and oxygen atoms in total. The fourth-order valence-corrected chi connectivity index (χ4v) is 5.12. The van der Waals surface area contributed by atoms with E-state index in [2.05, 4.69) is 28.2 Å². The van der Waals surface area contributed by atoms with Gasteiger partial charge in [0, 0.05) is 34.8 Å². The van der Waals surface area contributed by atoms with Crippen molar-refractivity contribution in [3.63, 3.8) is 0 Å². The molecule has 0 heterocycles. The van der Waals surface area contributed by atoms with Crippen LogP contribution in [0.2, 0.25) is 5.02 Å². The number of benzene rings is 3. The highest BCUT2D eigenvalue weighted by Crippen LogP contribution is 2.22. The molecule has 0 fully saturated rings. The first-order chi connectivity index (χ1) is 17.5. The van der Waals surface area contributed by atoms with Gasteiger partial charge in [-0.15, -0.1) is 11.8 Å². The van der Waals surface area contributed by atoms with Crippen molar-refractivity contribution in [2.45, 2.75) is 44.5 Å². The van der Waals surface area contributed by atoms with Crippen LogP contribution >= 0.6 is 39.3 Å². The number of unbranched alkanes of at least 4 members (excludes halogenated alkanes) is 1. The summed E-state index contributed by atoms with van der Waals surface area (Å²) in [6, 6.07) is 24.8. The molecule has 0 radical (unpaired) electrons. The highest BCUT2D eigenvalue weighted by atomic mass is 79.9. The first kappa shape index (κ1) is 28.3. The van der Waals surface area contributed by atoms with E-state index in [1.54, 1.807) is 16.7 Å². The minimum atomic E-state index is -0.638. The molecule has 0 aliphatic carbocycles.